The second-order valence-corrected chi connectivity index (χ2v) is 1.97. The summed E-state index contributed by atoms with van der Waals surface area (Å²) in [5.74, 6) is -0.133. The highest BCUT2D eigenvalue weighted by Gasteiger charge is 1.95. The average molecular weight is 174 g/mol. The molecule has 8 heteroatoms. The summed E-state index contributed by atoms with van der Waals surface area (Å²) in [6.07, 6.45) is 0. The monoisotopic (exact) mass is 174 g/mol. The van der Waals surface area contributed by atoms with Gasteiger partial charge in [0.15, 0.2) is 11.3 Å². The summed E-state index contributed by atoms with van der Waals surface area (Å²) >= 11 is 0. The quantitative estimate of drug-likeness (QED) is 0.235. The van der Waals surface area contributed by atoms with E-state index in [0.29, 0.717) is 0 Å². The molecule has 0 aromatic heterocycles. The molecule has 0 rings (SSSR count). The number of aliphatic imine (C=N–C) groups is 1. The molecule has 0 spiro atoms. The van der Waals surface area contributed by atoms with Crippen molar-refractivity contribution in [2.75, 3.05) is 14.1 Å². The molecule has 0 aliphatic rings. The highest BCUT2D eigenvalue weighted by atomic mass is 16.8. The molecule has 4 N–H and O–H groups in total. The number of hydrogen-bond acceptors (Lipinski definition) is 4. The number of nitrogens with two attached hydrogens (primary N) is 2. The molecule has 0 fully saturated rings. The van der Waals surface area contributed by atoms with Crippen LogP contribution >= 0.6 is 0 Å². The van der Waals surface area contributed by atoms with Gasteiger partial charge in [-0.3, -0.25) is 0 Å². The van der Waals surface area contributed by atoms with Crippen LogP contribution < -0.4 is 11.5 Å². The Morgan fingerprint density at radius 1 is 1.42 bits per heavy atom. The van der Waals surface area contributed by atoms with Crippen LogP contribution in [0.15, 0.2) is 15.5 Å². The Bertz CT molecular complexity index is 210. The molecule has 12 heavy (non-hydrogen) atoms. The van der Waals surface area contributed by atoms with Crippen LogP contribution in [0.4, 0.5) is 0 Å². The van der Waals surface area contributed by atoms with E-state index in [1.54, 1.807) is 14.1 Å². The summed E-state index contributed by atoms with van der Waals surface area (Å²) in [5.41, 5.74) is 10.5. The Balaban J connectivity index is 4.21. The molecular formula is C4H10N6O2. The van der Waals surface area contributed by atoms with Gasteiger partial charge in [0.25, 0.3) is 5.96 Å². The highest BCUT2D eigenvalue weighted by Crippen LogP contribution is 1.80. The van der Waals surface area contributed by atoms with E-state index in [4.69, 9.17) is 11.5 Å². The van der Waals surface area contributed by atoms with E-state index >= 15 is 0 Å². The van der Waals surface area contributed by atoms with Crippen LogP contribution in [0.3, 0.4) is 0 Å². The fourth-order valence-corrected chi connectivity index (χ4v) is 0.296. The van der Waals surface area contributed by atoms with Crippen molar-refractivity contribution in [1.82, 2.24) is 4.90 Å². The maximum absolute atomic E-state index is 9.40. The van der Waals surface area contributed by atoms with Crippen molar-refractivity contribution in [3.8, 4) is 0 Å². The van der Waals surface area contributed by atoms with Gasteiger partial charge < -0.3 is 16.4 Å². The summed E-state index contributed by atoms with van der Waals surface area (Å²) < 4.78 is 0. The summed E-state index contributed by atoms with van der Waals surface area (Å²) in [5, 5.41) is 4.97. The van der Waals surface area contributed by atoms with Crippen molar-refractivity contribution in [2.24, 2.45) is 27.0 Å². The lowest BCUT2D eigenvalue weighted by Gasteiger charge is -2.08. The molecule has 0 heterocycles. The summed E-state index contributed by atoms with van der Waals surface area (Å²) in [4.78, 5) is 18.2. The first-order valence-corrected chi connectivity index (χ1v) is 2.91. The van der Waals surface area contributed by atoms with Crippen molar-refractivity contribution in [2.45, 2.75) is 0 Å². The van der Waals surface area contributed by atoms with Crippen LogP contribution in [0, 0.1) is 4.91 Å². The first kappa shape index (κ1) is 10.1. The third-order valence-electron chi connectivity index (χ3n) is 0.855. The predicted molar refractivity (Wildman–Crippen MR) is 43.8 cm³/mol. The maximum atomic E-state index is 9.40. The fraction of sp³-hybridized carbons (Fsp3) is 0.500. The lowest BCUT2D eigenvalue weighted by Crippen LogP contribution is -2.32. The molecule has 0 saturated heterocycles. The zero-order valence-corrected chi connectivity index (χ0v) is 6.76. The number of guanidine groups is 2. The molecule has 0 radical (unpaired) electrons. The van der Waals surface area contributed by atoms with E-state index in [1.165, 1.54) is 4.90 Å². The van der Waals surface area contributed by atoms with Crippen molar-refractivity contribution in [1.29, 1.82) is 0 Å². The fourth-order valence-electron chi connectivity index (χ4n) is 0.296. The van der Waals surface area contributed by atoms with Crippen LogP contribution in [0.25, 0.3) is 0 Å². The zero-order valence-electron chi connectivity index (χ0n) is 6.76. The molecule has 0 aromatic carbocycles. The Kier molecular flexibility index (Phi) is 4.12. The van der Waals surface area contributed by atoms with Crippen molar-refractivity contribution >= 4 is 11.9 Å². The Morgan fingerprint density at radius 2 is 2.00 bits per heavy atom. The third-order valence-corrected chi connectivity index (χ3v) is 0.855. The van der Waals surface area contributed by atoms with E-state index in [2.05, 4.69) is 15.1 Å². The molecule has 0 saturated carbocycles. The van der Waals surface area contributed by atoms with Crippen molar-refractivity contribution < 1.29 is 4.94 Å². The summed E-state index contributed by atoms with van der Waals surface area (Å²) in [6.45, 7) is 0. The SMILES string of the molecule is CN(C)/C(N)=N\C(N)=N/ON=O. The van der Waals surface area contributed by atoms with Gasteiger partial charge in [0, 0.05) is 14.1 Å². The molecule has 0 atom stereocenters. The van der Waals surface area contributed by atoms with Crippen LogP contribution in [-0.2, 0) is 4.94 Å². The van der Waals surface area contributed by atoms with Crippen LogP contribution in [0.5, 0.6) is 0 Å². The third kappa shape index (κ3) is 4.04. The first-order valence-electron chi connectivity index (χ1n) is 2.91. The molecule has 0 unspecified atom stereocenters. The van der Waals surface area contributed by atoms with Gasteiger partial charge in [0.05, 0.1) is 0 Å². The van der Waals surface area contributed by atoms with E-state index < -0.39 is 0 Å². The molecule has 8 nitrogen and oxygen atoms in total. The van der Waals surface area contributed by atoms with Crippen LogP contribution in [0.1, 0.15) is 0 Å². The molecule has 0 aliphatic heterocycles. The van der Waals surface area contributed by atoms with Gasteiger partial charge in [-0.1, -0.05) is 0 Å². The predicted octanol–water partition coefficient (Wildman–Crippen LogP) is -1.21. The summed E-state index contributed by atoms with van der Waals surface area (Å²) in [6, 6.07) is 0. The van der Waals surface area contributed by atoms with Gasteiger partial charge in [0.2, 0.25) is 0 Å². The minimum absolute atomic E-state index is 0.144. The van der Waals surface area contributed by atoms with Gasteiger partial charge in [0.1, 0.15) is 0 Å². The van der Waals surface area contributed by atoms with Gasteiger partial charge in [-0.15, -0.1) is 4.91 Å². The lowest BCUT2D eigenvalue weighted by molar-refractivity contribution is 0.150. The first-order chi connectivity index (χ1) is 5.57. The van der Waals surface area contributed by atoms with Gasteiger partial charge in [-0.25, -0.2) is 4.94 Å². The largest absolute Gasteiger partial charge is 0.369 e. The van der Waals surface area contributed by atoms with Crippen LogP contribution in [-0.4, -0.2) is 30.9 Å². The smallest absolute Gasteiger partial charge is 0.263 e. The molecule has 0 bridgehead atoms. The van der Waals surface area contributed by atoms with Gasteiger partial charge in [-0.2, -0.15) is 4.99 Å². The normalized spacial score (nSPS) is 12.5. The Morgan fingerprint density at radius 3 is 2.42 bits per heavy atom. The van der Waals surface area contributed by atoms with Gasteiger partial charge in [-0.05, 0) is 5.16 Å². The number of rotatable bonds is 2. The van der Waals surface area contributed by atoms with E-state index in [-0.39, 0.29) is 11.9 Å². The van der Waals surface area contributed by atoms with E-state index in [0.717, 1.165) is 0 Å². The van der Waals surface area contributed by atoms with E-state index in [9.17, 15) is 4.91 Å². The standard InChI is InChI=1S/C4H10N6O2/c1-10(2)4(6)7-3(5)8-12-9-11/h1-2H3,(H4,5,6,7,8). The lowest BCUT2D eigenvalue weighted by atomic mass is 10.8. The van der Waals surface area contributed by atoms with Crippen molar-refractivity contribution in [3.05, 3.63) is 4.91 Å². The second kappa shape index (κ2) is 4.88. The molecule has 0 aliphatic carbocycles. The second-order valence-electron chi connectivity index (χ2n) is 1.97. The minimum atomic E-state index is -0.277. The topological polar surface area (TPSA) is 119 Å². The van der Waals surface area contributed by atoms with E-state index in [1.807, 2.05) is 5.34 Å². The Hall–Kier alpha value is -1.86. The summed E-state index contributed by atoms with van der Waals surface area (Å²) in [7, 11) is 3.34. The molecule has 0 aromatic rings. The Labute approximate surface area is 68.8 Å². The zero-order chi connectivity index (χ0) is 9.56. The number of oxime groups is 1. The minimum Gasteiger partial charge on any atom is -0.369 e. The molecule has 68 valence electrons. The molecule has 0 amide bonds. The average Bonchev–Trinajstić information content (AvgIpc) is 2.00. The van der Waals surface area contributed by atoms with Crippen molar-refractivity contribution in [3.63, 3.8) is 0 Å². The number of nitrogens with zero attached hydrogens (tertiary/aromatic N) is 4. The van der Waals surface area contributed by atoms with Crippen LogP contribution in [0.2, 0.25) is 0 Å². The molecular weight excluding hydrogens is 164 g/mol. The van der Waals surface area contributed by atoms with Gasteiger partial charge >= 0.3 is 0 Å². The maximum Gasteiger partial charge on any atom is 0.263 e. The highest BCUT2D eigenvalue weighted by molar-refractivity contribution is 5.92. The number of hydrogen-bond donors (Lipinski definition) is 2.